The molecule has 0 spiro atoms. The number of hydrazine groups is 1. The van der Waals surface area contributed by atoms with Crippen molar-refractivity contribution in [3.05, 3.63) is 23.8 Å². The third-order valence-corrected chi connectivity index (χ3v) is 2.90. The Morgan fingerprint density at radius 2 is 1.52 bits per heavy atom. The molecule has 0 aromatic carbocycles. The maximum atomic E-state index is 6.07. The van der Waals surface area contributed by atoms with E-state index in [0.29, 0.717) is 31.0 Å². The van der Waals surface area contributed by atoms with Crippen molar-refractivity contribution in [2.45, 2.75) is 66.5 Å². The van der Waals surface area contributed by atoms with Gasteiger partial charge >= 0.3 is 0 Å². The Labute approximate surface area is 155 Å². The number of nitrogens with two attached hydrogens (primary N) is 3. The maximum Gasteiger partial charge on any atom is 0.0606 e. The smallest absolute Gasteiger partial charge is 0.0606 e. The van der Waals surface area contributed by atoms with Crippen LogP contribution in [0, 0.1) is 12.3 Å². The molecule has 0 fully saturated rings. The van der Waals surface area contributed by atoms with Gasteiger partial charge < -0.3 is 21.8 Å². The zero-order valence-electron chi connectivity index (χ0n) is 17.5. The Morgan fingerprint density at radius 1 is 1.04 bits per heavy atom. The van der Waals surface area contributed by atoms with Gasteiger partial charge in [0.2, 0.25) is 0 Å². The minimum Gasteiger partial charge on any atom is -0.400 e. The fourth-order valence-electron chi connectivity index (χ4n) is 1.58. The van der Waals surface area contributed by atoms with Gasteiger partial charge in [0.05, 0.1) is 6.54 Å². The molecular formula is C19H40N6. The molecule has 0 unspecified atom stereocenters. The zero-order valence-corrected chi connectivity index (χ0v) is 17.5. The first-order valence-corrected chi connectivity index (χ1v) is 8.73. The second kappa shape index (κ2) is 11.7. The maximum absolute atomic E-state index is 6.07. The summed E-state index contributed by atoms with van der Waals surface area (Å²) in [5.41, 5.74) is 13.2. The monoisotopic (exact) mass is 352 g/mol. The molecule has 6 heteroatoms. The lowest BCUT2D eigenvalue weighted by molar-refractivity contribution is 0.207. The predicted molar refractivity (Wildman–Crippen MR) is 110 cm³/mol. The number of hydrogen-bond acceptors (Lipinski definition) is 6. The molecule has 0 aliphatic rings. The molecule has 0 aromatic rings. The van der Waals surface area contributed by atoms with Crippen LogP contribution in [0.15, 0.2) is 23.8 Å². The number of rotatable bonds is 7. The van der Waals surface area contributed by atoms with E-state index in [-0.39, 0.29) is 11.1 Å². The van der Waals surface area contributed by atoms with Gasteiger partial charge in [0.15, 0.2) is 0 Å². The van der Waals surface area contributed by atoms with E-state index in [9.17, 15) is 0 Å². The Bertz CT molecular complexity index is 460. The van der Waals surface area contributed by atoms with E-state index < -0.39 is 0 Å². The third kappa shape index (κ3) is 14.2. The Kier molecular flexibility index (Phi) is 11.9. The van der Waals surface area contributed by atoms with Gasteiger partial charge in [-0.05, 0) is 41.5 Å². The van der Waals surface area contributed by atoms with Crippen LogP contribution in [0.25, 0.3) is 0 Å². The van der Waals surface area contributed by atoms with E-state index in [0.717, 1.165) is 0 Å². The van der Waals surface area contributed by atoms with Gasteiger partial charge in [0, 0.05) is 48.0 Å². The largest absolute Gasteiger partial charge is 0.400 e. The summed E-state index contributed by atoms with van der Waals surface area (Å²) in [7, 11) is 0. The quantitative estimate of drug-likeness (QED) is 0.317. The van der Waals surface area contributed by atoms with Crippen molar-refractivity contribution in [3.8, 4) is 12.3 Å². The van der Waals surface area contributed by atoms with Crippen molar-refractivity contribution in [1.29, 1.82) is 0 Å². The average Bonchev–Trinajstić information content (AvgIpc) is 2.45. The van der Waals surface area contributed by atoms with Crippen LogP contribution in [-0.4, -0.2) is 40.6 Å². The molecule has 0 saturated heterocycles. The van der Waals surface area contributed by atoms with Gasteiger partial charge in [0.25, 0.3) is 0 Å². The topological polar surface area (TPSA) is 96.6 Å². The summed E-state index contributed by atoms with van der Waals surface area (Å²) in [6, 6.07) is 0. The van der Waals surface area contributed by atoms with E-state index in [4.69, 9.17) is 23.7 Å². The summed E-state index contributed by atoms with van der Waals surface area (Å²) in [5.74, 6) is 8.60. The van der Waals surface area contributed by atoms with Gasteiger partial charge in [-0.3, -0.25) is 4.90 Å². The Hall–Kier alpha value is -1.84. The molecule has 7 N–H and O–H groups in total. The van der Waals surface area contributed by atoms with E-state index in [1.54, 1.807) is 11.2 Å². The predicted octanol–water partition coefficient (Wildman–Crippen LogP) is 1.91. The van der Waals surface area contributed by atoms with E-state index in [2.05, 4.69) is 32.0 Å². The van der Waals surface area contributed by atoms with Crippen molar-refractivity contribution in [1.82, 2.24) is 15.2 Å². The number of hydrogen-bond donors (Lipinski definition) is 4. The molecule has 0 aromatic heterocycles. The molecule has 0 saturated carbocycles. The van der Waals surface area contributed by atoms with Crippen LogP contribution in [0.3, 0.4) is 0 Å². The first kappa shape index (κ1) is 25.4. The second-order valence-electron chi connectivity index (χ2n) is 7.74. The number of nitrogens with zero attached hydrogens (tertiary/aromatic N) is 2. The minimum atomic E-state index is -0.197. The molecule has 0 radical (unpaired) electrons. The highest BCUT2D eigenvalue weighted by Crippen LogP contribution is 2.09. The molecular weight excluding hydrogens is 312 g/mol. The highest BCUT2D eigenvalue weighted by molar-refractivity contribution is 5.06. The first-order valence-electron chi connectivity index (χ1n) is 8.73. The highest BCUT2D eigenvalue weighted by Gasteiger charge is 2.16. The summed E-state index contributed by atoms with van der Waals surface area (Å²) >= 11 is 0. The summed E-state index contributed by atoms with van der Waals surface area (Å²) in [6.07, 6.45) is 8.98. The summed E-state index contributed by atoms with van der Waals surface area (Å²) in [6.45, 7) is 17.7. The van der Waals surface area contributed by atoms with E-state index in [1.165, 1.54) is 0 Å². The molecule has 0 atom stereocenters. The van der Waals surface area contributed by atoms with Crippen LogP contribution in [0.2, 0.25) is 0 Å². The van der Waals surface area contributed by atoms with Crippen molar-refractivity contribution >= 4 is 0 Å². The molecule has 146 valence electrons. The molecule has 0 aliphatic heterocycles. The van der Waals surface area contributed by atoms with Gasteiger partial charge in [-0.15, -0.1) is 6.42 Å². The number of terminal acetylenes is 1. The van der Waals surface area contributed by atoms with Crippen LogP contribution >= 0.6 is 0 Å². The van der Waals surface area contributed by atoms with Crippen LogP contribution in [-0.2, 0) is 0 Å². The highest BCUT2D eigenvalue weighted by atomic mass is 15.4. The van der Waals surface area contributed by atoms with Gasteiger partial charge in [0.1, 0.15) is 0 Å². The molecule has 25 heavy (non-hydrogen) atoms. The number of nitrogens with one attached hydrogen (secondary N) is 1. The SMILES string of the molecule is C#CCN(C/C(N)=C/NC(C)(C)C)C/C(N)=C/N(N)C(C)(C)C.CC. The van der Waals surface area contributed by atoms with Crippen molar-refractivity contribution < 1.29 is 0 Å². The van der Waals surface area contributed by atoms with Gasteiger partial charge in [-0.1, -0.05) is 19.8 Å². The molecule has 0 bridgehead atoms. The second-order valence-corrected chi connectivity index (χ2v) is 7.74. The summed E-state index contributed by atoms with van der Waals surface area (Å²) in [4.78, 5) is 1.98. The molecule has 0 amide bonds. The molecule has 0 heterocycles. The summed E-state index contributed by atoms with van der Waals surface area (Å²) in [5, 5.41) is 4.83. The molecule has 6 nitrogen and oxygen atoms in total. The van der Waals surface area contributed by atoms with Crippen LogP contribution in [0.4, 0.5) is 0 Å². The van der Waals surface area contributed by atoms with E-state index >= 15 is 0 Å². The standard InChI is InChI=1S/C17H34N6.C2H6/c1-8-9-22(11-14(18)10-21-16(2,3)4)12-15(19)13-23(20)17(5,6)7;1-2/h1,10,13,21H,9,11-12,18-20H2,2-7H3;1-2H3/b14-10-,15-13-;. The van der Waals surface area contributed by atoms with Crippen LogP contribution in [0.5, 0.6) is 0 Å². The Balaban J connectivity index is 0. The Morgan fingerprint density at radius 3 is 1.92 bits per heavy atom. The van der Waals surface area contributed by atoms with Crippen LogP contribution < -0.4 is 22.6 Å². The normalized spacial score (nSPS) is 13.0. The third-order valence-electron chi connectivity index (χ3n) is 2.90. The summed E-state index contributed by atoms with van der Waals surface area (Å²) < 4.78 is 0. The average molecular weight is 353 g/mol. The minimum absolute atomic E-state index is 0.0345. The first-order chi connectivity index (χ1) is 11.3. The zero-order chi connectivity index (χ0) is 20.3. The van der Waals surface area contributed by atoms with E-state index in [1.807, 2.05) is 45.7 Å². The van der Waals surface area contributed by atoms with Crippen molar-refractivity contribution in [3.63, 3.8) is 0 Å². The lowest BCUT2D eigenvalue weighted by Gasteiger charge is -2.31. The fraction of sp³-hybridized carbons (Fsp3) is 0.684. The molecule has 0 rings (SSSR count). The fourth-order valence-corrected chi connectivity index (χ4v) is 1.58. The van der Waals surface area contributed by atoms with Crippen LogP contribution in [0.1, 0.15) is 55.4 Å². The van der Waals surface area contributed by atoms with Crippen molar-refractivity contribution in [2.75, 3.05) is 19.6 Å². The van der Waals surface area contributed by atoms with Crippen molar-refractivity contribution in [2.24, 2.45) is 17.3 Å². The lowest BCUT2D eigenvalue weighted by Crippen LogP contribution is -2.44. The molecule has 0 aliphatic carbocycles. The lowest BCUT2D eigenvalue weighted by atomic mass is 10.1. The van der Waals surface area contributed by atoms with Gasteiger partial charge in [-0.2, -0.15) is 0 Å². The van der Waals surface area contributed by atoms with Gasteiger partial charge in [-0.25, -0.2) is 5.84 Å².